The first kappa shape index (κ1) is 47.4. The number of rotatable bonds is 21. The molecule has 13 atom stereocenters. The summed E-state index contributed by atoms with van der Waals surface area (Å²) in [5.74, 6) is -3.10. The number of hydrogen-bond donors (Lipinski definition) is 0. The van der Waals surface area contributed by atoms with Crippen molar-refractivity contribution < 1.29 is 42.4 Å². The molecule has 0 amide bonds. The summed E-state index contributed by atoms with van der Waals surface area (Å²) in [6.45, 7) is 20.5. The average molecular weight is 911 g/mol. The van der Waals surface area contributed by atoms with Crippen molar-refractivity contribution >= 4 is 21.3 Å². The van der Waals surface area contributed by atoms with E-state index in [0.29, 0.717) is 18.9 Å². The molecule has 0 aromatic heterocycles. The number of allylic oxidation sites excluding steroid dienone is 1. The minimum Gasteiger partial charge on any atom is -0.452 e. The summed E-state index contributed by atoms with van der Waals surface area (Å²) in [5, 5.41) is 0. The van der Waals surface area contributed by atoms with E-state index < -0.39 is 73.0 Å². The second-order valence-corrected chi connectivity index (χ2v) is 25.2. The number of aldehydes is 1. The van der Waals surface area contributed by atoms with Crippen molar-refractivity contribution in [3.8, 4) is 0 Å². The number of fused-ring (bicyclic) bond motifs is 2. The molecule has 2 aromatic carbocycles. The van der Waals surface area contributed by atoms with Crippen molar-refractivity contribution in [2.45, 2.75) is 175 Å². The Hall–Kier alpha value is -2.70. The van der Waals surface area contributed by atoms with Gasteiger partial charge >= 0.3 is 11.9 Å². The highest BCUT2D eigenvalue weighted by Gasteiger charge is 2.86. The smallest absolute Gasteiger partial charge is 0.318 e. The fourth-order valence-electron chi connectivity index (χ4n) is 14.8. The van der Waals surface area contributed by atoms with E-state index in [4.69, 9.17) is 32.8 Å². The molecule has 0 N–H and O–H groups in total. The molecule has 356 valence electrons. The zero-order valence-electron chi connectivity index (χ0n) is 40.9. The van der Waals surface area contributed by atoms with Gasteiger partial charge in [-0.25, -0.2) is 0 Å². The van der Waals surface area contributed by atoms with Crippen molar-refractivity contribution in [3.63, 3.8) is 0 Å². The third kappa shape index (κ3) is 7.43. The lowest BCUT2D eigenvalue weighted by atomic mass is 9.43. The summed E-state index contributed by atoms with van der Waals surface area (Å²) in [6.07, 6.45) is 14.5. The normalized spacial score (nSPS) is 38.6. The van der Waals surface area contributed by atoms with Crippen molar-refractivity contribution in [3.05, 3.63) is 83.4 Å². The van der Waals surface area contributed by atoms with E-state index in [2.05, 4.69) is 67.6 Å². The van der Waals surface area contributed by atoms with Crippen LogP contribution in [0.25, 0.3) is 0 Å². The van der Waals surface area contributed by atoms with Gasteiger partial charge in [0.2, 0.25) is 0 Å². The zero-order valence-corrected chi connectivity index (χ0v) is 42.0. The van der Waals surface area contributed by atoms with Crippen LogP contribution in [0, 0.1) is 57.2 Å². The lowest BCUT2D eigenvalue weighted by molar-refractivity contribution is -0.491. The molecule has 4 saturated heterocycles. The summed E-state index contributed by atoms with van der Waals surface area (Å²) in [7, 11) is -1.75. The minimum absolute atomic E-state index is 0.0139. The molecule has 4 aliphatic heterocycles. The first-order chi connectivity index (χ1) is 31.1. The van der Waals surface area contributed by atoms with Crippen LogP contribution < -0.4 is 0 Å². The van der Waals surface area contributed by atoms with E-state index in [1.54, 1.807) is 0 Å². The van der Waals surface area contributed by atoms with Gasteiger partial charge in [0.1, 0.15) is 23.9 Å². The van der Waals surface area contributed by atoms with Crippen molar-refractivity contribution in [1.29, 1.82) is 0 Å². The maximum absolute atomic E-state index is 16.3. The Morgan fingerprint density at radius 3 is 2.12 bits per heavy atom. The molecular formula is C55H78O9Si. The van der Waals surface area contributed by atoms with Gasteiger partial charge in [-0.05, 0) is 84.9 Å². The maximum Gasteiger partial charge on any atom is 0.318 e. The number of esters is 1. The highest BCUT2D eigenvalue weighted by Crippen LogP contribution is 2.83. The molecule has 2 aromatic rings. The largest absolute Gasteiger partial charge is 0.452 e. The molecule has 3 saturated carbocycles. The predicted octanol–water partition coefficient (Wildman–Crippen LogP) is 11.5. The SMILES string of the molecule is CCCCCCCCCCOC1C2OC3(O[SiH](C)C)OC(OCC45CC6C(C)CCC6C6(C=O)CC4C=C(C(C)C)C65C(=O)OC(c4ccccc4)c4ccccc4)(OC13)C2C(C)(C)C. The van der Waals surface area contributed by atoms with E-state index in [0.717, 1.165) is 48.8 Å². The molecule has 0 radical (unpaired) electrons. The van der Waals surface area contributed by atoms with Crippen molar-refractivity contribution in [2.24, 2.45) is 57.2 Å². The second kappa shape index (κ2) is 18.0. The molecule has 4 aliphatic carbocycles. The quantitative estimate of drug-likeness (QED) is 0.0399. The fourth-order valence-corrected chi connectivity index (χ4v) is 15.7. The van der Waals surface area contributed by atoms with Gasteiger partial charge in [-0.15, -0.1) is 0 Å². The van der Waals surface area contributed by atoms with E-state index in [-0.39, 0.29) is 36.2 Å². The summed E-state index contributed by atoms with van der Waals surface area (Å²) in [6, 6.07) is 20.0. The number of hydrogen-bond acceptors (Lipinski definition) is 9. The van der Waals surface area contributed by atoms with E-state index in [1.165, 1.54) is 44.8 Å². The van der Waals surface area contributed by atoms with Gasteiger partial charge in [0.15, 0.2) is 21.2 Å². The number of ether oxygens (including phenoxy) is 6. The molecule has 10 heteroatoms. The van der Waals surface area contributed by atoms with Gasteiger partial charge < -0.3 is 32.9 Å². The lowest BCUT2D eigenvalue weighted by Crippen LogP contribution is -2.66. The Labute approximate surface area is 391 Å². The molecular weight excluding hydrogens is 833 g/mol. The van der Waals surface area contributed by atoms with Crippen LogP contribution in [0.1, 0.15) is 143 Å². The Balaban J connectivity index is 1.08. The van der Waals surface area contributed by atoms with Crippen molar-refractivity contribution in [2.75, 3.05) is 13.2 Å². The molecule has 10 rings (SSSR count). The third-order valence-electron chi connectivity index (χ3n) is 17.3. The predicted molar refractivity (Wildman–Crippen MR) is 253 cm³/mol. The van der Waals surface area contributed by atoms with Crippen LogP contribution in [0.2, 0.25) is 13.1 Å². The highest BCUT2D eigenvalue weighted by molar-refractivity contribution is 6.48. The van der Waals surface area contributed by atoms with Crippen LogP contribution in [0.15, 0.2) is 72.3 Å². The van der Waals surface area contributed by atoms with E-state index in [1.807, 2.05) is 60.7 Å². The molecule has 7 fully saturated rings. The summed E-state index contributed by atoms with van der Waals surface area (Å²) < 4.78 is 49.5. The summed E-state index contributed by atoms with van der Waals surface area (Å²) >= 11 is 0. The third-order valence-corrected chi connectivity index (χ3v) is 18.1. The standard InChI is InChI=1S/C55H78O9Si/c1-10-11-12-13-14-15-16-23-30-58-46-45-47(50(5,6)7)54(62-48(46)55(61-45,63-54)64-65(8)9)59-35-52-33-41-37(4)28-29-42(41)51(34-56)32-40(52)31-43(36(2)3)53(51,52)49(57)60-44(38-24-19-17-20-25-38)39-26-21-18-22-27-39/h17-22,24-27,31,34,36-37,40-42,44-48,65H,10-16,23,28-30,32-33,35H2,1-9H3. The van der Waals surface area contributed by atoms with Gasteiger partial charge in [-0.1, -0.05) is 172 Å². The van der Waals surface area contributed by atoms with Crippen LogP contribution in [-0.4, -0.2) is 64.8 Å². The van der Waals surface area contributed by atoms with Crippen molar-refractivity contribution in [1.82, 2.24) is 0 Å². The maximum atomic E-state index is 16.3. The van der Waals surface area contributed by atoms with E-state index in [9.17, 15) is 4.79 Å². The summed E-state index contributed by atoms with van der Waals surface area (Å²) in [5.41, 5.74) is -0.654. The highest BCUT2D eigenvalue weighted by atomic mass is 28.3. The van der Waals surface area contributed by atoms with Crippen LogP contribution in [-0.2, 0) is 42.4 Å². The number of carbonyl (C=O) groups is 2. The second-order valence-electron chi connectivity index (χ2n) is 22.8. The number of carbonyl (C=O) groups excluding carboxylic acids is 2. The lowest BCUT2D eigenvalue weighted by Gasteiger charge is -2.59. The minimum atomic E-state index is -1.75. The van der Waals surface area contributed by atoms with Gasteiger partial charge in [-0.2, -0.15) is 0 Å². The van der Waals surface area contributed by atoms with E-state index >= 15 is 4.79 Å². The molecule has 65 heavy (non-hydrogen) atoms. The molecule has 0 spiro atoms. The molecule has 8 bridgehead atoms. The Morgan fingerprint density at radius 2 is 1.52 bits per heavy atom. The molecule has 13 unspecified atom stereocenters. The van der Waals surface area contributed by atoms with Gasteiger partial charge in [0.05, 0.1) is 17.9 Å². The first-order valence-electron chi connectivity index (χ1n) is 25.6. The molecule has 8 aliphatic rings. The Kier molecular flexibility index (Phi) is 13.1. The zero-order chi connectivity index (χ0) is 46.0. The van der Waals surface area contributed by atoms with Gasteiger partial charge in [0, 0.05) is 12.0 Å². The average Bonchev–Trinajstić information content (AvgIpc) is 3.97. The fraction of sp³-hybridized carbons (Fsp3) is 0.709. The molecule has 9 nitrogen and oxygen atoms in total. The Morgan fingerprint density at radius 1 is 0.877 bits per heavy atom. The van der Waals surface area contributed by atoms with Crippen LogP contribution in [0.4, 0.5) is 0 Å². The van der Waals surface area contributed by atoms with Gasteiger partial charge in [0.25, 0.3) is 5.97 Å². The van der Waals surface area contributed by atoms with Crippen LogP contribution in [0.5, 0.6) is 0 Å². The van der Waals surface area contributed by atoms with Gasteiger partial charge in [-0.3, -0.25) is 9.53 Å². The van der Waals surface area contributed by atoms with Crippen LogP contribution >= 0.6 is 0 Å². The number of unbranched alkanes of at least 4 members (excludes halogenated alkanes) is 7. The first-order valence-corrected chi connectivity index (χ1v) is 28.4. The monoisotopic (exact) mass is 911 g/mol. The topological polar surface area (TPSA) is 98.8 Å². The number of benzene rings is 2. The van der Waals surface area contributed by atoms with Crippen LogP contribution in [0.3, 0.4) is 0 Å². The Bertz CT molecular complexity index is 2000. The summed E-state index contributed by atoms with van der Waals surface area (Å²) in [4.78, 5) is 30.8. The molecule has 4 heterocycles.